The Morgan fingerprint density at radius 1 is 1.56 bits per heavy atom. The van der Waals surface area contributed by atoms with Gasteiger partial charge in [0, 0.05) is 17.2 Å². The molecule has 0 radical (unpaired) electrons. The largest absolute Gasteiger partial charge is 0.478 e. The van der Waals surface area contributed by atoms with E-state index in [1.165, 1.54) is 0 Å². The van der Waals surface area contributed by atoms with Crippen molar-refractivity contribution in [1.29, 1.82) is 0 Å². The highest BCUT2D eigenvalue weighted by Crippen LogP contribution is 2.20. The number of rotatable bonds is 3. The first kappa shape index (κ1) is 13.0. The van der Waals surface area contributed by atoms with Gasteiger partial charge < -0.3 is 10.4 Å². The molecule has 0 spiro atoms. The van der Waals surface area contributed by atoms with Crippen molar-refractivity contribution >= 4 is 27.7 Å². The van der Waals surface area contributed by atoms with Gasteiger partial charge in [-0.3, -0.25) is 0 Å². The standard InChI is InChI=1S/C11H15BrN2O2/c1-11(2,3)6-14-9-8(10(15)16)4-7(12)5-13-9/h4-5H,6H2,1-3H3,(H,13,14)(H,15,16). The molecule has 1 rings (SSSR count). The van der Waals surface area contributed by atoms with Gasteiger partial charge in [-0.15, -0.1) is 0 Å². The van der Waals surface area contributed by atoms with Gasteiger partial charge in [0.05, 0.1) is 0 Å². The summed E-state index contributed by atoms with van der Waals surface area (Å²) >= 11 is 3.20. The molecule has 1 heterocycles. The predicted molar refractivity (Wildman–Crippen MR) is 66.8 cm³/mol. The number of nitrogens with one attached hydrogen (secondary N) is 1. The molecule has 0 saturated heterocycles. The van der Waals surface area contributed by atoms with Gasteiger partial charge in [-0.25, -0.2) is 9.78 Å². The van der Waals surface area contributed by atoms with Crippen LogP contribution in [0.3, 0.4) is 0 Å². The molecule has 0 bridgehead atoms. The zero-order valence-corrected chi connectivity index (χ0v) is 11.1. The van der Waals surface area contributed by atoms with Crippen molar-refractivity contribution in [3.8, 4) is 0 Å². The normalized spacial score (nSPS) is 11.2. The van der Waals surface area contributed by atoms with Crippen LogP contribution in [-0.4, -0.2) is 22.6 Å². The monoisotopic (exact) mass is 286 g/mol. The fourth-order valence-electron chi connectivity index (χ4n) is 1.09. The van der Waals surface area contributed by atoms with Crippen LogP contribution in [0.25, 0.3) is 0 Å². The van der Waals surface area contributed by atoms with E-state index in [2.05, 4.69) is 47.0 Å². The summed E-state index contributed by atoms with van der Waals surface area (Å²) in [6.45, 7) is 6.87. The Morgan fingerprint density at radius 3 is 2.69 bits per heavy atom. The number of hydrogen-bond donors (Lipinski definition) is 2. The molecule has 0 unspecified atom stereocenters. The van der Waals surface area contributed by atoms with Crippen molar-refractivity contribution in [3.05, 3.63) is 22.3 Å². The van der Waals surface area contributed by atoms with Crippen LogP contribution in [0.5, 0.6) is 0 Å². The highest BCUT2D eigenvalue weighted by Gasteiger charge is 2.15. The van der Waals surface area contributed by atoms with E-state index in [0.717, 1.165) is 0 Å². The molecule has 2 N–H and O–H groups in total. The number of halogens is 1. The summed E-state index contributed by atoms with van der Waals surface area (Å²) in [5.74, 6) is -0.573. The second-order valence-corrected chi connectivity index (χ2v) is 5.68. The Balaban J connectivity index is 2.91. The Kier molecular flexibility index (Phi) is 3.91. The van der Waals surface area contributed by atoms with Gasteiger partial charge in [0.15, 0.2) is 0 Å². The molecule has 0 aliphatic rings. The van der Waals surface area contributed by atoms with E-state index in [1.54, 1.807) is 12.3 Å². The van der Waals surface area contributed by atoms with Crippen molar-refractivity contribution in [2.24, 2.45) is 5.41 Å². The Morgan fingerprint density at radius 2 is 2.19 bits per heavy atom. The summed E-state index contributed by atoms with van der Waals surface area (Å²) in [5, 5.41) is 12.1. The molecule has 0 fully saturated rings. The summed E-state index contributed by atoms with van der Waals surface area (Å²) in [5.41, 5.74) is 0.253. The van der Waals surface area contributed by atoms with Crippen LogP contribution in [-0.2, 0) is 0 Å². The molecule has 16 heavy (non-hydrogen) atoms. The van der Waals surface area contributed by atoms with E-state index in [1.807, 2.05) is 0 Å². The number of anilines is 1. The summed E-state index contributed by atoms with van der Waals surface area (Å²) in [7, 11) is 0. The number of hydrogen-bond acceptors (Lipinski definition) is 3. The van der Waals surface area contributed by atoms with Gasteiger partial charge in [0.1, 0.15) is 11.4 Å². The maximum atomic E-state index is 11.0. The minimum absolute atomic E-state index is 0.0739. The summed E-state index contributed by atoms with van der Waals surface area (Å²) < 4.78 is 0.659. The molecule has 0 aromatic carbocycles. The molecule has 0 amide bonds. The Hall–Kier alpha value is -1.10. The molecule has 0 saturated carbocycles. The maximum Gasteiger partial charge on any atom is 0.339 e. The van der Waals surface area contributed by atoms with Crippen LogP contribution < -0.4 is 5.32 Å². The van der Waals surface area contributed by atoms with Gasteiger partial charge in [0.2, 0.25) is 0 Å². The van der Waals surface area contributed by atoms with E-state index in [-0.39, 0.29) is 11.0 Å². The smallest absolute Gasteiger partial charge is 0.339 e. The summed E-state index contributed by atoms with van der Waals surface area (Å²) in [6, 6.07) is 1.54. The molecule has 0 atom stereocenters. The van der Waals surface area contributed by atoms with Crippen LogP contribution >= 0.6 is 15.9 Å². The van der Waals surface area contributed by atoms with E-state index in [0.29, 0.717) is 16.8 Å². The third-order valence-electron chi connectivity index (χ3n) is 1.87. The Labute approximate surface area is 103 Å². The highest BCUT2D eigenvalue weighted by molar-refractivity contribution is 9.10. The van der Waals surface area contributed by atoms with E-state index >= 15 is 0 Å². The number of nitrogens with zero attached hydrogens (tertiary/aromatic N) is 1. The second kappa shape index (κ2) is 4.82. The summed E-state index contributed by atoms with van der Waals surface area (Å²) in [6.07, 6.45) is 1.58. The zero-order valence-electron chi connectivity index (χ0n) is 9.54. The second-order valence-electron chi connectivity index (χ2n) is 4.77. The predicted octanol–water partition coefficient (Wildman–Crippen LogP) is 3.00. The number of aromatic carboxylic acids is 1. The molecular weight excluding hydrogens is 272 g/mol. The first-order chi connectivity index (χ1) is 7.29. The number of carboxylic acids is 1. The van der Waals surface area contributed by atoms with Gasteiger partial charge in [-0.05, 0) is 27.4 Å². The van der Waals surface area contributed by atoms with E-state index in [4.69, 9.17) is 5.11 Å². The van der Waals surface area contributed by atoms with Crippen molar-refractivity contribution < 1.29 is 9.90 Å². The third kappa shape index (κ3) is 3.81. The molecule has 1 aromatic rings. The molecule has 4 nitrogen and oxygen atoms in total. The number of aromatic nitrogens is 1. The SMILES string of the molecule is CC(C)(C)CNc1ncc(Br)cc1C(=O)O. The first-order valence-electron chi connectivity index (χ1n) is 4.92. The summed E-state index contributed by atoms with van der Waals surface area (Å²) in [4.78, 5) is 15.1. The van der Waals surface area contributed by atoms with Crippen molar-refractivity contribution in [2.45, 2.75) is 20.8 Å². The fraction of sp³-hybridized carbons (Fsp3) is 0.455. The third-order valence-corrected chi connectivity index (χ3v) is 2.30. The van der Waals surface area contributed by atoms with Crippen LogP contribution in [0.1, 0.15) is 31.1 Å². The van der Waals surface area contributed by atoms with Crippen LogP contribution in [0.2, 0.25) is 0 Å². The minimum atomic E-state index is -0.981. The average molecular weight is 287 g/mol. The number of carboxylic acid groups (broad SMARTS) is 1. The van der Waals surface area contributed by atoms with Crippen molar-refractivity contribution in [2.75, 3.05) is 11.9 Å². The fourth-order valence-corrected chi connectivity index (χ4v) is 1.42. The topological polar surface area (TPSA) is 62.2 Å². The lowest BCUT2D eigenvalue weighted by Crippen LogP contribution is -2.21. The molecule has 1 aromatic heterocycles. The minimum Gasteiger partial charge on any atom is -0.478 e. The lowest BCUT2D eigenvalue weighted by molar-refractivity contribution is 0.0697. The molecule has 0 aliphatic carbocycles. The van der Waals surface area contributed by atoms with Gasteiger partial charge in [-0.1, -0.05) is 20.8 Å². The number of pyridine rings is 1. The zero-order chi connectivity index (χ0) is 12.3. The molecular formula is C11H15BrN2O2. The lowest BCUT2D eigenvalue weighted by Gasteiger charge is -2.19. The lowest BCUT2D eigenvalue weighted by atomic mass is 9.97. The first-order valence-corrected chi connectivity index (χ1v) is 5.71. The van der Waals surface area contributed by atoms with Crippen LogP contribution in [0.15, 0.2) is 16.7 Å². The van der Waals surface area contributed by atoms with Crippen molar-refractivity contribution in [1.82, 2.24) is 4.98 Å². The van der Waals surface area contributed by atoms with Gasteiger partial charge >= 0.3 is 5.97 Å². The van der Waals surface area contributed by atoms with E-state index < -0.39 is 5.97 Å². The maximum absolute atomic E-state index is 11.0. The molecule has 0 aliphatic heterocycles. The van der Waals surface area contributed by atoms with E-state index in [9.17, 15) is 4.79 Å². The van der Waals surface area contributed by atoms with Gasteiger partial charge in [0.25, 0.3) is 0 Å². The quantitative estimate of drug-likeness (QED) is 0.897. The molecule has 5 heteroatoms. The molecule has 88 valence electrons. The Bertz CT molecular complexity index is 399. The van der Waals surface area contributed by atoms with Crippen LogP contribution in [0, 0.1) is 5.41 Å². The highest BCUT2D eigenvalue weighted by atomic mass is 79.9. The number of carbonyl (C=O) groups is 1. The van der Waals surface area contributed by atoms with Crippen LogP contribution in [0.4, 0.5) is 5.82 Å². The average Bonchev–Trinajstić information content (AvgIpc) is 2.14. The van der Waals surface area contributed by atoms with Crippen molar-refractivity contribution in [3.63, 3.8) is 0 Å². The van der Waals surface area contributed by atoms with Gasteiger partial charge in [-0.2, -0.15) is 0 Å².